The van der Waals surface area contributed by atoms with Gasteiger partial charge in [0.05, 0.1) is 10.7 Å². The van der Waals surface area contributed by atoms with E-state index in [1.165, 1.54) is 0 Å². The average molecular weight is 436 g/mol. The van der Waals surface area contributed by atoms with Gasteiger partial charge in [0, 0.05) is 41.6 Å². The second-order valence-corrected chi connectivity index (χ2v) is 8.52. The molecule has 0 fully saturated rings. The van der Waals surface area contributed by atoms with Crippen molar-refractivity contribution in [3.63, 3.8) is 0 Å². The van der Waals surface area contributed by atoms with Gasteiger partial charge in [0.25, 0.3) is 0 Å². The predicted octanol–water partition coefficient (Wildman–Crippen LogP) is 5.03. The first-order valence-electron chi connectivity index (χ1n) is 9.15. The van der Waals surface area contributed by atoms with E-state index in [1.807, 2.05) is 50.4 Å². The number of alkyl carbamates (subject to hydrolysis) is 1. The van der Waals surface area contributed by atoms with E-state index in [0.717, 1.165) is 11.2 Å². The van der Waals surface area contributed by atoms with Crippen LogP contribution in [0.4, 0.5) is 10.7 Å². The van der Waals surface area contributed by atoms with Crippen LogP contribution in [-0.2, 0) is 4.74 Å². The number of hydrogen-bond acceptors (Lipinski definition) is 5. The molecule has 9 heteroatoms. The number of imidazole rings is 1. The van der Waals surface area contributed by atoms with Crippen LogP contribution < -0.4 is 10.6 Å². The van der Waals surface area contributed by atoms with Crippen molar-refractivity contribution in [3.05, 3.63) is 46.7 Å². The minimum absolute atomic E-state index is 0.114. The van der Waals surface area contributed by atoms with E-state index >= 15 is 0 Å². The quantitative estimate of drug-likeness (QED) is 0.587. The summed E-state index contributed by atoms with van der Waals surface area (Å²) < 4.78 is 7.09. The Hall–Kier alpha value is -2.51. The summed E-state index contributed by atoms with van der Waals surface area (Å²) in [6.07, 6.45) is 3.04. The van der Waals surface area contributed by atoms with Crippen LogP contribution in [0.1, 0.15) is 27.7 Å². The molecule has 0 spiro atoms. The van der Waals surface area contributed by atoms with Crippen LogP contribution in [0.15, 0.2) is 36.7 Å². The molecule has 0 aliphatic heterocycles. The van der Waals surface area contributed by atoms with Crippen LogP contribution in [0.25, 0.3) is 16.9 Å². The number of rotatable bonds is 5. The van der Waals surface area contributed by atoms with Gasteiger partial charge in [-0.2, -0.15) is 0 Å². The molecular formula is C20H23Cl2N5O2. The SMILES string of the molecule is CC(CNC(=O)OC(C)(C)C)Nc1nc(-c2ccc(Cl)cc2Cl)cc2nccn12. The standard InChI is InChI=1S/C20H23Cl2N5O2/c1-12(11-24-19(28)29-20(2,3)4)25-18-26-16(10-17-23-7-8-27(17)18)14-6-5-13(21)9-15(14)22/h5-10,12H,11H2,1-4H3,(H,24,28)(H,25,26). The Morgan fingerprint density at radius 2 is 2.03 bits per heavy atom. The second-order valence-electron chi connectivity index (χ2n) is 7.67. The normalized spacial score (nSPS) is 12.6. The van der Waals surface area contributed by atoms with Crippen LogP contribution in [0.3, 0.4) is 0 Å². The Balaban J connectivity index is 1.80. The Morgan fingerprint density at radius 3 is 2.72 bits per heavy atom. The lowest BCUT2D eigenvalue weighted by Crippen LogP contribution is -2.38. The summed E-state index contributed by atoms with van der Waals surface area (Å²) in [5.41, 5.74) is 1.59. The Kier molecular flexibility index (Phi) is 6.19. The van der Waals surface area contributed by atoms with Crippen LogP contribution in [-0.4, -0.2) is 38.6 Å². The summed E-state index contributed by atoms with van der Waals surface area (Å²) in [6, 6.07) is 7.00. The van der Waals surface area contributed by atoms with Crippen molar-refractivity contribution < 1.29 is 9.53 Å². The van der Waals surface area contributed by atoms with Gasteiger partial charge in [0.2, 0.25) is 5.95 Å². The number of aromatic nitrogens is 3. The number of hydrogen-bond donors (Lipinski definition) is 2. The number of ether oxygens (including phenoxy) is 1. The fraction of sp³-hybridized carbons (Fsp3) is 0.350. The summed E-state index contributed by atoms with van der Waals surface area (Å²) in [4.78, 5) is 20.9. The zero-order valence-electron chi connectivity index (χ0n) is 16.7. The Bertz CT molecular complexity index is 1030. The molecule has 1 amide bonds. The van der Waals surface area contributed by atoms with Crippen molar-refractivity contribution in [2.75, 3.05) is 11.9 Å². The maximum Gasteiger partial charge on any atom is 0.407 e. The molecule has 1 unspecified atom stereocenters. The molecule has 3 aromatic rings. The van der Waals surface area contributed by atoms with Gasteiger partial charge in [-0.05, 0) is 45.9 Å². The van der Waals surface area contributed by atoms with Gasteiger partial charge in [-0.25, -0.2) is 14.8 Å². The Labute approximate surface area is 179 Å². The number of anilines is 1. The third-order valence-electron chi connectivity index (χ3n) is 3.92. The second kappa shape index (κ2) is 8.47. The molecular weight excluding hydrogens is 413 g/mol. The predicted molar refractivity (Wildman–Crippen MR) is 116 cm³/mol. The molecule has 2 heterocycles. The van der Waals surface area contributed by atoms with Crippen molar-refractivity contribution in [2.24, 2.45) is 0 Å². The van der Waals surface area contributed by atoms with E-state index < -0.39 is 11.7 Å². The van der Waals surface area contributed by atoms with E-state index in [-0.39, 0.29) is 6.04 Å². The van der Waals surface area contributed by atoms with E-state index in [2.05, 4.69) is 15.6 Å². The van der Waals surface area contributed by atoms with E-state index in [9.17, 15) is 4.79 Å². The smallest absolute Gasteiger partial charge is 0.407 e. The lowest BCUT2D eigenvalue weighted by atomic mass is 10.1. The molecule has 0 bridgehead atoms. The molecule has 0 radical (unpaired) electrons. The fourth-order valence-corrected chi connectivity index (χ4v) is 3.19. The molecule has 29 heavy (non-hydrogen) atoms. The van der Waals surface area contributed by atoms with Gasteiger partial charge in [-0.1, -0.05) is 23.2 Å². The molecule has 0 saturated carbocycles. The van der Waals surface area contributed by atoms with Crippen molar-refractivity contribution in [2.45, 2.75) is 39.3 Å². The molecule has 3 rings (SSSR count). The van der Waals surface area contributed by atoms with Crippen LogP contribution in [0.5, 0.6) is 0 Å². The van der Waals surface area contributed by atoms with Crippen LogP contribution in [0, 0.1) is 0 Å². The lowest BCUT2D eigenvalue weighted by Gasteiger charge is -2.21. The van der Waals surface area contributed by atoms with Gasteiger partial charge in [-0.15, -0.1) is 0 Å². The van der Waals surface area contributed by atoms with E-state index in [0.29, 0.717) is 28.2 Å². The minimum atomic E-state index is -0.544. The highest BCUT2D eigenvalue weighted by Crippen LogP contribution is 2.30. The zero-order valence-corrected chi connectivity index (χ0v) is 18.2. The monoisotopic (exact) mass is 435 g/mol. The Morgan fingerprint density at radius 1 is 1.28 bits per heavy atom. The molecule has 2 N–H and O–H groups in total. The highest BCUT2D eigenvalue weighted by Gasteiger charge is 2.17. The maximum absolute atomic E-state index is 11.9. The summed E-state index contributed by atoms with van der Waals surface area (Å²) in [7, 11) is 0. The number of carbonyl (C=O) groups is 1. The number of carbonyl (C=O) groups excluding carboxylic acids is 1. The van der Waals surface area contributed by atoms with Crippen molar-refractivity contribution >= 4 is 40.9 Å². The molecule has 1 aromatic carbocycles. The summed E-state index contributed by atoms with van der Waals surface area (Å²) in [5.74, 6) is 0.583. The highest BCUT2D eigenvalue weighted by atomic mass is 35.5. The van der Waals surface area contributed by atoms with Crippen LogP contribution in [0.2, 0.25) is 10.0 Å². The van der Waals surface area contributed by atoms with E-state index in [1.54, 1.807) is 18.3 Å². The summed E-state index contributed by atoms with van der Waals surface area (Å²) in [6.45, 7) is 7.76. The van der Waals surface area contributed by atoms with Gasteiger partial charge < -0.3 is 15.4 Å². The maximum atomic E-state index is 11.9. The van der Waals surface area contributed by atoms with Crippen LogP contribution >= 0.6 is 23.2 Å². The molecule has 7 nitrogen and oxygen atoms in total. The van der Waals surface area contributed by atoms with Crippen molar-refractivity contribution in [1.29, 1.82) is 0 Å². The fourth-order valence-electron chi connectivity index (χ4n) is 2.68. The average Bonchev–Trinajstić information content (AvgIpc) is 3.07. The largest absolute Gasteiger partial charge is 0.444 e. The van der Waals surface area contributed by atoms with Gasteiger partial charge in [0.15, 0.2) is 0 Å². The number of benzene rings is 1. The first kappa shape index (κ1) is 21.2. The lowest BCUT2D eigenvalue weighted by molar-refractivity contribution is 0.0526. The molecule has 0 aliphatic carbocycles. The molecule has 154 valence electrons. The zero-order chi connectivity index (χ0) is 21.2. The van der Waals surface area contributed by atoms with Gasteiger partial charge >= 0.3 is 6.09 Å². The third kappa shape index (κ3) is 5.52. The molecule has 0 saturated heterocycles. The van der Waals surface area contributed by atoms with Crippen molar-refractivity contribution in [1.82, 2.24) is 19.7 Å². The first-order chi connectivity index (χ1) is 13.6. The molecule has 2 aromatic heterocycles. The number of amides is 1. The minimum Gasteiger partial charge on any atom is -0.444 e. The summed E-state index contributed by atoms with van der Waals surface area (Å²) >= 11 is 12.4. The van der Waals surface area contributed by atoms with Gasteiger partial charge in [0.1, 0.15) is 11.2 Å². The van der Waals surface area contributed by atoms with Gasteiger partial charge in [-0.3, -0.25) is 4.40 Å². The first-order valence-corrected chi connectivity index (χ1v) is 9.91. The number of fused-ring (bicyclic) bond motifs is 1. The van der Waals surface area contributed by atoms with E-state index in [4.69, 9.17) is 32.9 Å². The third-order valence-corrected chi connectivity index (χ3v) is 4.47. The van der Waals surface area contributed by atoms with Crippen molar-refractivity contribution in [3.8, 4) is 11.3 Å². The number of nitrogens with zero attached hydrogens (tertiary/aromatic N) is 3. The number of halogens is 2. The highest BCUT2D eigenvalue weighted by molar-refractivity contribution is 6.36. The summed E-state index contributed by atoms with van der Waals surface area (Å²) in [5, 5.41) is 7.12. The molecule has 1 atom stereocenters. The number of nitrogens with one attached hydrogen (secondary N) is 2. The molecule has 0 aliphatic rings. The topological polar surface area (TPSA) is 80.5 Å².